The third kappa shape index (κ3) is 2.90. The Morgan fingerprint density at radius 1 is 1.19 bits per heavy atom. The summed E-state index contributed by atoms with van der Waals surface area (Å²) in [4.78, 5) is 21.4. The molecule has 3 aromatic heterocycles. The topological polar surface area (TPSA) is 73.8 Å². The number of aromatic nitrogens is 4. The Morgan fingerprint density at radius 2 is 2.00 bits per heavy atom. The lowest BCUT2D eigenvalue weighted by atomic mass is 10.1. The molecule has 0 fully saturated rings. The summed E-state index contributed by atoms with van der Waals surface area (Å²) in [5.74, 6) is 0.844. The molecule has 3 heterocycles. The lowest BCUT2D eigenvalue weighted by Crippen LogP contribution is -2.08. The van der Waals surface area contributed by atoms with E-state index in [4.69, 9.17) is 16.0 Å². The number of nitrogens with zero attached hydrogens (tertiary/aromatic N) is 4. The molecule has 8 heteroatoms. The minimum atomic E-state index is -0.490. The Morgan fingerprint density at radius 3 is 2.77 bits per heavy atom. The molecule has 1 aromatic carbocycles. The van der Waals surface area contributed by atoms with Gasteiger partial charge >= 0.3 is 5.63 Å². The van der Waals surface area contributed by atoms with Gasteiger partial charge < -0.3 is 4.42 Å². The van der Waals surface area contributed by atoms with E-state index in [0.29, 0.717) is 27.4 Å². The van der Waals surface area contributed by atoms with E-state index in [1.807, 2.05) is 26.0 Å². The molecule has 6 nitrogen and oxygen atoms in total. The number of hydrogen-bond acceptors (Lipinski definition) is 5. The summed E-state index contributed by atoms with van der Waals surface area (Å²) in [6.07, 6.45) is 1.69. The second-order valence-corrected chi connectivity index (χ2v) is 7.38. The standard InChI is InChI=1S/C18H12ClIN4O2/c1-9-4-3-5-21-16(9)24-13(8-14(20)23-24)17-22-15-10(2)6-11(19)7-12(15)18(25)26-17/h3-8H,1-2H3. The first-order chi connectivity index (χ1) is 12.4. The highest BCUT2D eigenvalue weighted by molar-refractivity contribution is 14.1. The Labute approximate surface area is 167 Å². The van der Waals surface area contributed by atoms with E-state index in [1.54, 1.807) is 29.1 Å². The van der Waals surface area contributed by atoms with Crippen LogP contribution in [0, 0.1) is 17.5 Å². The first kappa shape index (κ1) is 17.2. The summed E-state index contributed by atoms with van der Waals surface area (Å²) >= 11 is 8.15. The van der Waals surface area contributed by atoms with E-state index in [9.17, 15) is 4.79 Å². The predicted octanol–water partition coefficient (Wildman–Crippen LogP) is 4.31. The molecule has 0 saturated heterocycles. The van der Waals surface area contributed by atoms with Gasteiger partial charge in [-0.2, -0.15) is 5.10 Å². The molecular formula is C18H12ClIN4O2. The normalized spacial score (nSPS) is 11.2. The molecule has 0 aliphatic heterocycles. The SMILES string of the molecule is Cc1cccnc1-n1nc(I)cc1-c1nc2c(C)cc(Cl)cc2c(=O)o1. The molecule has 0 amide bonds. The van der Waals surface area contributed by atoms with Crippen LogP contribution >= 0.6 is 34.2 Å². The van der Waals surface area contributed by atoms with E-state index in [1.165, 1.54) is 0 Å². The molecular weight excluding hydrogens is 467 g/mol. The molecule has 130 valence electrons. The van der Waals surface area contributed by atoms with Crippen LogP contribution in [0.25, 0.3) is 28.3 Å². The second-order valence-electron chi connectivity index (χ2n) is 5.83. The van der Waals surface area contributed by atoms with Gasteiger partial charge in [0.25, 0.3) is 0 Å². The maximum absolute atomic E-state index is 12.5. The molecule has 0 N–H and O–H groups in total. The van der Waals surface area contributed by atoms with Crippen LogP contribution in [0.1, 0.15) is 11.1 Å². The van der Waals surface area contributed by atoms with Crippen molar-refractivity contribution in [2.24, 2.45) is 0 Å². The Bertz CT molecular complexity index is 1220. The Kier molecular flexibility index (Phi) is 4.28. The molecule has 0 spiro atoms. The van der Waals surface area contributed by atoms with Crippen LogP contribution in [-0.2, 0) is 0 Å². The first-order valence-electron chi connectivity index (χ1n) is 7.73. The summed E-state index contributed by atoms with van der Waals surface area (Å²) < 4.78 is 7.86. The minimum absolute atomic E-state index is 0.188. The summed E-state index contributed by atoms with van der Waals surface area (Å²) in [5, 5.41) is 5.31. The molecule has 0 unspecified atom stereocenters. The number of rotatable bonds is 2. The van der Waals surface area contributed by atoms with E-state index in [-0.39, 0.29) is 5.89 Å². The smallest absolute Gasteiger partial charge is 0.347 e. The van der Waals surface area contributed by atoms with Crippen molar-refractivity contribution in [1.29, 1.82) is 0 Å². The van der Waals surface area contributed by atoms with Gasteiger partial charge in [0, 0.05) is 17.3 Å². The fraction of sp³-hybridized carbons (Fsp3) is 0.111. The molecule has 0 saturated carbocycles. The molecule has 0 atom stereocenters. The molecule has 4 rings (SSSR count). The first-order valence-corrected chi connectivity index (χ1v) is 9.18. The molecule has 0 bridgehead atoms. The van der Waals surface area contributed by atoms with Gasteiger partial charge in [0.05, 0.1) is 10.9 Å². The lowest BCUT2D eigenvalue weighted by Gasteiger charge is -2.08. The van der Waals surface area contributed by atoms with Crippen molar-refractivity contribution in [3.63, 3.8) is 0 Å². The fourth-order valence-corrected chi connectivity index (χ4v) is 3.56. The average molecular weight is 479 g/mol. The number of benzene rings is 1. The zero-order valence-corrected chi connectivity index (χ0v) is 16.7. The number of pyridine rings is 1. The number of fused-ring (bicyclic) bond motifs is 1. The van der Waals surface area contributed by atoms with Crippen LogP contribution in [0.3, 0.4) is 0 Å². The van der Waals surface area contributed by atoms with Gasteiger partial charge in [-0.15, -0.1) is 0 Å². The third-order valence-corrected chi connectivity index (χ3v) is 4.71. The largest absolute Gasteiger partial charge is 0.401 e. The Hall–Kier alpha value is -2.26. The van der Waals surface area contributed by atoms with Crippen molar-refractivity contribution in [2.75, 3.05) is 0 Å². The fourth-order valence-electron chi connectivity index (χ4n) is 2.78. The van der Waals surface area contributed by atoms with Crippen LogP contribution in [0.4, 0.5) is 0 Å². The summed E-state index contributed by atoms with van der Waals surface area (Å²) in [6.45, 7) is 3.80. The molecule has 0 aliphatic rings. The van der Waals surface area contributed by atoms with E-state index in [2.05, 4.69) is 37.7 Å². The monoisotopic (exact) mass is 478 g/mol. The molecule has 0 aliphatic carbocycles. The van der Waals surface area contributed by atoms with E-state index < -0.39 is 5.63 Å². The van der Waals surface area contributed by atoms with Crippen LogP contribution in [-0.4, -0.2) is 19.7 Å². The van der Waals surface area contributed by atoms with Crippen molar-refractivity contribution in [1.82, 2.24) is 19.7 Å². The summed E-state index contributed by atoms with van der Waals surface area (Å²) in [6, 6.07) is 8.93. The quantitative estimate of drug-likeness (QED) is 0.401. The van der Waals surface area contributed by atoms with Crippen molar-refractivity contribution in [2.45, 2.75) is 13.8 Å². The lowest BCUT2D eigenvalue weighted by molar-refractivity contribution is 0.513. The van der Waals surface area contributed by atoms with Gasteiger partial charge in [0.1, 0.15) is 9.39 Å². The van der Waals surface area contributed by atoms with Crippen LogP contribution in [0.5, 0.6) is 0 Å². The summed E-state index contributed by atoms with van der Waals surface area (Å²) in [7, 11) is 0. The maximum atomic E-state index is 12.5. The zero-order chi connectivity index (χ0) is 18.4. The molecule has 0 radical (unpaired) electrons. The van der Waals surface area contributed by atoms with E-state index >= 15 is 0 Å². The van der Waals surface area contributed by atoms with Gasteiger partial charge in [-0.25, -0.2) is 19.4 Å². The molecule has 4 aromatic rings. The van der Waals surface area contributed by atoms with Gasteiger partial charge in [-0.3, -0.25) is 0 Å². The van der Waals surface area contributed by atoms with Gasteiger partial charge in [-0.1, -0.05) is 17.7 Å². The Balaban J connectivity index is 2.01. The number of halogens is 2. The van der Waals surface area contributed by atoms with Gasteiger partial charge in [0.15, 0.2) is 5.82 Å². The third-order valence-electron chi connectivity index (χ3n) is 3.97. The van der Waals surface area contributed by atoms with Gasteiger partial charge in [0.2, 0.25) is 5.89 Å². The van der Waals surface area contributed by atoms with Crippen LogP contribution in [0.2, 0.25) is 5.02 Å². The average Bonchev–Trinajstić information content (AvgIpc) is 2.97. The summed E-state index contributed by atoms with van der Waals surface area (Å²) in [5.41, 5.74) is 2.37. The minimum Gasteiger partial charge on any atom is -0.401 e. The van der Waals surface area contributed by atoms with Crippen molar-refractivity contribution < 1.29 is 4.42 Å². The highest BCUT2D eigenvalue weighted by atomic mass is 127. The van der Waals surface area contributed by atoms with E-state index in [0.717, 1.165) is 14.8 Å². The number of hydrogen-bond donors (Lipinski definition) is 0. The zero-order valence-electron chi connectivity index (χ0n) is 13.8. The van der Waals surface area contributed by atoms with Crippen molar-refractivity contribution in [3.8, 4) is 17.4 Å². The van der Waals surface area contributed by atoms with Crippen molar-refractivity contribution in [3.05, 3.63) is 66.8 Å². The second kappa shape index (κ2) is 6.48. The number of aryl methyl sites for hydroxylation is 2. The van der Waals surface area contributed by atoms with Gasteiger partial charge in [-0.05, 0) is 65.8 Å². The predicted molar refractivity (Wildman–Crippen MR) is 108 cm³/mol. The van der Waals surface area contributed by atoms with Crippen molar-refractivity contribution >= 4 is 45.1 Å². The highest BCUT2D eigenvalue weighted by Gasteiger charge is 2.19. The molecule has 26 heavy (non-hydrogen) atoms. The highest BCUT2D eigenvalue weighted by Crippen LogP contribution is 2.26. The maximum Gasteiger partial charge on any atom is 0.347 e. The van der Waals surface area contributed by atoms with Crippen LogP contribution in [0.15, 0.2) is 45.7 Å². The van der Waals surface area contributed by atoms with Crippen LogP contribution < -0.4 is 5.63 Å².